The first-order chi connectivity index (χ1) is 12.7. The zero-order valence-corrected chi connectivity index (χ0v) is 16.2. The number of rotatable bonds is 8. The maximum absolute atomic E-state index is 12.4. The number of ether oxygens (including phenoxy) is 2. The number of carboxylic acid groups (broad SMARTS) is 1. The topological polar surface area (TPSA) is 84.9 Å². The summed E-state index contributed by atoms with van der Waals surface area (Å²) in [5, 5.41) is 13.9. The normalized spacial score (nSPS) is 12.6. The van der Waals surface area contributed by atoms with Gasteiger partial charge in [0.15, 0.2) is 0 Å². The monoisotopic (exact) mass is 373 g/mol. The van der Waals surface area contributed by atoms with Crippen LogP contribution in [0.3, 0.4) is 0 Å². The Kier molecular flexibility index (Phi) is 6.80. The largest absolute Gasteiger partial charge is 0.497 e. The molecule has 1 atom stereocenters. The van der Waals surface area contributed by atoms with E-state index < -0.39 is 12.0 Å². The standard InChI is InChI=1S/C21H27NO5/c1-21(2,3)27-11-10-18(20(24)25)22-19(23)12-15-7-5-6-14-8-9-16(26-4)13-17(14)15/h5-9,13,18H,10-12H2,1-4H3,(H,22,23)(H,24,25). The Labute approximate surface area is 159 Å². The van der Waals surface area contributed by atoms with Gasteiger partial charge in [-0.05, 0) is 49.2 Å². The number of carbonyl (C=O) groups excluding carboxylic acids is 1. The number of methoxy groups -OCH3 is 1. The molecule has 2 rings (SSSR count). The molecule has 0 bridgehead atoms. The van der Waals surface area contributed by atoms with Crippen molar-refractivity contribution in [2.75, 3.05) is 13.7 Å². The fraction of sp³-hybridized carbons (Fsp3) is 0.429. The summed E-state index contributed by atoms with van der Waals surface area (Å²) in [6.07, 6.45) is 0.302. The minimum Gasteiger partial charge on any atom is -0.497 e. The number of carboxylic acids is 1. The number of fused-ring (bicyclic) bond motifs is 1. The zero-order chi connectivity index (χ0) is 20.0. The van der Waals surface area contributed by atoms with Crippen LogP contribution in [0.2, 0.25) is 0 Å². The molecule has 2 N–H and O–H groups in total. The van der Waals surface area contributed by atoms with Gasteiger partial charge in [0.25, 0.3) is 0 Å². The van der Waals surface area contributed by atoms with E-state index in [9.17, 15) is 14.7 Å². The number of hydrogen-bond acceptors (Lipinski definition) is 4. The maximum atomic E-state index is 12.4. The van der Waals surface area contributed by atoms with Crippen molar-refractivity contribution in [3.8, 4) is 5.75 Å². The van der Waals surface area contributed by atoms with Crippen LogP contribution in [0.5, 0.6) is 5.75 Å². The van der Waals surface area contributed by atoms with E-state index in [0.717, 1.165) is 16.3 Å². The minimum absolute atomic E-state index is 0.0917. The molecule has 0 fully saturated rings. The third kappa shape index (κ3) is 6.25. The van der Waals surface area contributed by atoms with Gasteiger partial charge in [-0.15, -0.1) is 0 Å². The fourth-order valence-corrected chi connectivity index (χ4v) is 2.76. The van der Waals surface area contributed by atoms with E-state index >= 15 is 0 Å². The van der Waals surface area contributed by atoms with Gasteiger partial charge >= 0.3 is 5.97 Å². The van der Waals surface area contributed by atoms with Gasteiger partial charge in [-0.2, -0.15) is 0 Å². The van der Waals surface area contributed by atoms with E-state index in [-0.39, 0.29) is 31.0 Å². The van der Waals surface area contributed by atoms with Gasteiger partial charge in [0.1, 0.15) is 11.8 Å². The third-order valence-corrected chi connectivity index (χ3v) is 4.11. The highest BCUT2D eigenvalue weighted by Crippen LogP contribution is 2.24. The maximum Gasteiger partial charge on any atom is 0.326 e. The highest BCUT2D eigenvalue weighted by Gasteiger charge is 2.21. The summed E-state index contributed by atoms with van der Waals surface area (Å²) in [5.74, 6) is -0.702. The van der Waals surface area contributed by atoms with E-state index in [1.165, 1.54) is 0 Å². The molecule has 0 radical (unpaired) electrons. The van der Waals surface area contributed by atoms with Crippen LogP contribution < -0.4 is 10.1 Å². The molecule has 0 aliphatic carbocycles. The molecule has 0 saturated carbocycles. The molecule has 0 heterocycles. The van der Waals surface area contributed by atoms with E-state index in [1.807, 2.05) is 57.2 Å². The van der Waals surface area contributed by atoms with Gasteiger partial charge < -0.3 is 19.9 Å². The van der Waals surface area contributed by atoms with Crippen molar-refractivity contribution in [3.05, 3.63) is 42.0 Å². The van der Waals surface area contributed by atoms with Gasteiger partial charge in [0, 0.05) is 13.0 Å². The van der Waals surface area contributed by atoms with Gasteiger partial charge in [-0.25, -0.2) is 4.79 Å². The molecule has 146 valence electrons. The lowest BCUT2D eigenvalue weighted by Crippen LogP contribution is -2.42. The van der Waals surface area contributed by atoms with Crippen LogP contribution in [0, 0.1) is 0 Å². The lowest BCUT2D eigenvalue weighted by Gasteiger charge is -2.21. The van der Waals surface area contributed by atoms with Crippen molar-refractivity contribution in [1.29, 1.82) is 0 Å². The van der Waals surface area contributed by atoms with Crippen molar-refractivity contribution >= 4 is 22.6 Å². The highest BCUT2D eigenvalue weighted by molar-refractivity contribution is 5.92. The van der Waals surface area contributed by atoms with Crippen LogP contribution >= 0.6 is 0 Å². The van der Waals surface area contributed by atoms with Crippen LogP contribution in [0.1, 0.15) is 32.8 Å². The minimum atomic E-state index is -1.07. The van der Waals surface area contributed by atoms with E-state index in [1.54, 1.807) is 7.11 Å². The molecule has 0 saturated heterocycles. The van der Waals surface area contributed by atoms with Crippen LogP contribution in [-0.2, 0) is 20.7 Å². The Morgan fingerprint density at radius 3 is 2.56 bits per heavy atom. The second kappa shape index (κ2) is 8.86. The van der Waals surface area contributed by atoms with Gasteiger partial charge in [0.2, 0.25) is 5.91 Å². The van der Waals surface area contributed by atoms with Gasteiger partial charge in [-0.1, -0.05) is 24.3 Å². The molecule has 1 unspecified atom stereocenters. The third-order valence-electron chi connectivity index (χ3n) is 4.11. The molecule has 1 amide bonds. The van der Waals surface area contributed by atoms with Crippen molar-refractivity contribution < 1.29 is 24.2 Å². The number of aliphatic carboxylic acids is 1. The second-order valence-electron chi connectivity index (χ2n) is 7.39. The highest BCUT2D eigenvalue weighted by atomic mass is 16.5. The summed E-state index contributed by atoms with van der Waals surface area (Å²) >= 11 is 0. The SMILES string of the molecule is COc1ccc2cccc(CC(=O)NC(CCOC(C)(C)C)C(=O)O)c2c1. The summed E-state index contributed by atoms with van der Waals surface area (Å²) in [7, 11) is 1.59. The predicted molar refractivity (Wildman–Crippen MR) is 104 cm³/mol. The first-order valence-electron chi connectivity index (χ1n) is 8.91. The van der Waals surface area contributed by atoms with E-state index in [2.05, 4.69) is 5.32 Å². The molecule has 0 aliphatic rings. The van der Waals surface area contributed by atoms with Crippen LogP contribution in [0.4, 0.5) is 0 Å². The van der Waals surface area contributed by atoms with Gasteiger partial charge in [-0.3, -0.25) is 4.79 Å². The first-order valence-corrected chi connectivity index (χ1v) is 8.91. The fourth-order valence-electron chi connectivity index (χ4n) is 2.76. The van der Waals surface area contributed by atoms with E-state index in [4.69, 9.17) is 9.47 Å². The lowest BCUT2D eigenvalue weighted by molar-refractivity contribution is -0.142. The molecule has 0 aliphatic heterocycles. The van der Waals surface area contributed by atoms with Crippen molar-refractivity contribution in [3.63, 3.8) is 0 Å². The quantitative estimate of drug-likeness (QED) is 0.742. The Balaban J connectivity index is 2.07. The Morgan fingerprint density at radius 1 is 1.19 bits per heavy atom. The van der Waals surface area contributed by atoms with Crippen molar-refractivity contribution in [2.24, 2.45) is 0 Å². The summed E-state index contributed by atoms with van der Waals surface area (Å²) in [6, 6.07) is 10.4. The average Bonchev–Trinajstić information content (AvgIpc) is 2.59. The molecule has 6 nitrogen and oxygen atoms in total. The molecule has 27 heavy (non-hydrogen) atoms. The Bertz CT molecular complexity index is 810. The first kappa shape index (κ1) is 20.7. The van der Waals surface area contributed by atoms with Crippen LogP contribution in [0.25, 0.3) is 10.8 Å². The second-order valence-corrected chi connectivity index (χ2v) is 7.39. The van der Waals surface area contributed by atoms with E-state index in [0.29, 0.717) is 5.75 Å². The molecule has 2 aromatic rings. The number of amides is 1. The molecular weight excluding hydrogens is 346 g/mol. The lowest BCUT2D eigenvalue weighted by atomic mass is 10.0. The Morgan fingerprint density at radius 2 is 1.93 bits per heavy atom. The van der Waals surface area contributed by atoms with Gasteiger partial charge in [0.05, 0.1) is 19.1 Å². The number of benzene rings is 2. The summed E-state index contributed by atoms with van der Waals surface area (Å²) in [4.78, 5) is 23.9. The summed E-state index contributed by atoms with van der Waals surface area (Å²) in [5.41, 5.74) is 0.466. The van der Waals surface area contributed by atoms with Crippen LogP contribution in [-0.4, -0.2) is 42.3 Å². The zero-order valence-electron chi connectivity index (χ0n) is 16.2. The summed E-state index contributed by atoms with van der Waals surface area (Å²) in [6.45, 7) is 5.95. The number of carbonyl (C=O) groups is 2. The molecule has 0 aromatic heterocycles. The van der Waals surface area contributed by atoms with Crippen LogP contribution in [0.15, 0.2) is 36.4 Å². The number of hydrogen-bond donors (Lipinski definition) is 2. The molecule has 6 heteroatoms. The van der Waals surface area contributed by atoms with Crippen molar-refractivity contribution in [2.45, 2.75) is 45.3 Å². The molecular formula is C21H27NO5. The average molecular weight is 373 g/mol. The molecule has 2 aromatic carbocycles. The smallest absolute Gasteiger partial charge is 0.326 e. The van der Waals surface area contributed by atoms with Crippen molar-refractivity contribution in [1.82, 2.24) is 5.32 Å². The summed E-state index contributed by atoms with van der Waals surface area (Å²) < 4.78 is 10.8. The predicted octanol–water partition coefficient (Wildman–Crippen LogP) is 3.17. The molecule has 0 spiro atoms. The Hall–Kier alpha value is -2.60. The number of nitrogens with one attached hydrogen (secondary N) is 1.